The van der Waals surface area contributed by atoms with Gasteiger partial charge >= 0.3 is 5.97 Å². The number of aliphatic carboxylic acids is 1. The minimum Gasteiger partial charge on any atom is -0.481 e. The summed E-state index contributed by atoms with van der Waals surface area (Å²) in [6, 6.07) is 11.9. The van der Waals surface area contributed by atoms with Gasteiger partial charge in [-0.25, -0.2) is 0 Å². The molecule has 7 heteroatoms. The van der Waals surface area contributed by atoms with Crippen LogP contribution in [0.15, 0.2) is 48.7 Å². The Hall–Kier alpha value is -3.48. The Morgan fingerprint density at radius 2 is 1.91 bits per heavy atom. The number of fused-ring (bicyclic) bond motifs is 2. The molecule has 34 heavy (non-hydrogen) atoms. The van der Waals surface area contributed by atoms with Crippen molar-refractivity contribution in [1.29, 1.82) is 0 Å². The highest BCUT2D eigenvalue weighted by Gasteiger charge is 2.51. The first-order valence-corrected chi connectivity index (χ1v) is 11.7. The van der Waals surface area contributed by atoms with Crippen molar-refractivity contribution in [2.75, 3.05) is 17.0 Å². The summed E-state index contributed by atoms with van der Waals surface area (Å²) >= 11 is 0. The van der Waals surface area contributed by atoms with Gasteiger partial charge in [-0.1, -0.05) is 32.9 Å². The summed E-state index contributed by atoms with van der Waals surface area (Å²) in [6.07, 6.45) is 5.99. The molecule has 1 atom stereocenters. The van der Waals surface area contributed by atoms with E-state index in [1.54, 1.807) is 6.08 Å². The Balaban J connectivity index is 1.36. The molecule has 0 spiro atoms. The van der Waals surface area contributed by atoms with Crippen molar-refractivity contribution in [3.8, 4) is 11.5 Å². The van der Waals surface area contributed by atoms with Crippen LogP contribution in [0.5, 0.6) is 11.5 Å². The third-order valence-electron chi connectivity index (χ3n) is 7.03. The highest BCUT2D eigenvalue weighted by Crippen LogP contribution is 2.51. The molecule has 1 unspecified atom stereocenters. The average Bonchev–Trinajstić information content (AvgIpc) is 3.31. The Kier molecular flexibility index (Phi) is 5.30. The Labute approximate surface area is 199 Å². The summed E-state index contributed by atoms with van der Waals surface area (Å²) in [6.45, 7) is 6.77. The van der Waals surface area contributed by atoms with Gasteiger partial charge in [-0.05, 0) is 66.1 Å². The predicted octanol–water partition coefficient (Wildman–Crippen LogP) is 4.85. The summed E-state index contributed by atoms with van der Waals surface area (Å²) in [5.41, 5.74) is 3.40. The molecule has 2 heterocycles. The van der Waals surface area contributed by atoms with Crippen LogP contribution in [0.25, 0.3) is 0 Å². The summed E-state index contributed by atoms with van der Waals surface area (Å²) in [5.74, 6) is 0.555. The van der Waals surface area contributed by atoms with Gasteiger partial charge in [-0.3, -0.25) is 9.59 Å². The lowest BCUT2D eigenvalue weighted by Crippen LogP contribution is -2.38. The topological polar surface area (TPSA) is 88.1 Å². The Morgan fingerprint density at radius 3 is 2.62 bits per heavy atom. The van der Waals surface area contributed by atoms with Gasteiger partial charge in [0.1, 0.15) is 0 Å². The first-order chi connectivity index (χ1) is 16.2. The number of carbonyl (C=O) groups excluding carboxylic acids is 1. The number of hydrogen-bond acceptors (Lipinski definition) is 5. The molecule has 1 fully saturated rings. The lowest BCUT2D eigenvalue weighted by atomic mass is 9.84. The third kappa shape index (κ3) is 4.00. The molecule has 0 aromatic heterocycles. The molecule has 3 aliphatic rings. The number of nitrogens with one attached hydrogen (secondary N) is 1. The smallest absolute Gasteiger partial charge is 0.307 e. The molecule has 2 aliphatic heterocycles. The van der Waals surface area contributed by atoms with Crippen molar-refractivity contribution in [3.05, 3.63) is 59.8 Å². The maximum atomic E-state index is 13.3. The first kappa shape index (κ1) is 22.3. The van der Waals surface area contributed by atoms with Crippen LogP contribution >= 0.6 is 0 Å². The highest BCUT2D eigenvalue weighted by atomic mass is 16.7. The van der Waals surface area contributed by atoms with E-state index in [0.29, 0.717) is 11.5 Å². The molecule has 2 aromatic carbocycles. The van der Waals surface area contributed by atoms with E-state index in [9.17, 15) is 9.59 Å². The Bertz CT molecular complexity index is 1180. The fourth-order valence-electron chi connectivity index (χ4n) is 4.94. The van der Waals surface area contributed by atoms with E-state index in [1.165, 1.54) is 0 Å². The van der Waals surface area contributed by atoms with Crippen LogP contribution in [0.1, 0.15) is 51.2 Å². The van der Waals surface area contributed by atoms with E-state index >= 15 is 0 Å². The Morgan fingerprint density at radius 1 is 1.15 bits per heavy atom. The molecule has 1 aliphatic carbocycles. The van der Waals surface area contributed by atoms with Gasteiger partial charge in [-0.2, -0.15) is 0 Å². The molecule has 1 saturated carbocycles. The van der Waals surface area contributed by atoms with E-state index in [0.717, 1.165) is 41.8 Å². The van der Waals surface area contributed by atoms with Crippen molar-refractivity contribution >= 4 is 23.3 Å². The largest absolute Gasteiger partial charge is 0.481 e. The van der Waals surface area contributed by atoms with Gasteiger partial charge in [0.2, 0.25) is 12.7 Å². The number of carboxylic acids is 1. The van der Waals surface area contributed by atoms with Crippen LogP contribution in [-0.4, -0.2) is 29.8 Å². The number of hydrogen-bond donors (Lipinski definition) is 2. The number of carbonyl (C=O) groups is 2. The quantitative estimate of drug-likeness (QED) is 0.638. The van der Waals surface area contributed by atoms with Gasteiger partial charge in [-0.15, -0.1) is 0 Å². The van der Waals surface area contributed by atoms with Gasteiger partial charge in [0.05, 0.1) is 11.8 Å². The fourth-order valence-corrected chi connectivity index (χ4v) is 4.94. The number of carboxylic acid groups (broad SMARTS) is 1. The predicted molar refractivity (Wildman–Crippen MR) is 129 cm³/mol. The molecule has 1 amide bonds. The number of anilines is 2. The molecule has 0 bridgehead atoms. The lowest BCUT2D eigenvalue weighted by Gasteiger charge is -2.34. The number of ether oxygens (including phenoxy) is 2. The number of benzene rings is 2. The van der Waals surface area contributed by atoms with Crippen LogP contribution < -0.4 is 19.7 Å². The average molecular weight is 463 g/mol. The summed E-state index contributed by atoms with van der Waals surface area (Å²) in [7, 11) is 0. The molecule has 0 saturated heterocycles. The first-order valence-electron chi connectivity index (χ1n) is 11.7. The molecule has 5 rings (SSSR count). The molecular formula is C27H30N2O5. The van der Waals surface area contributed by atoms with E-state index in [-0.39, 0.29) is 30.6 Å². The third-order valence-corrected chi connectivity index (χ3v) is 7.03. The lowest BCUT2D eigenvalue weighted by molar-refractivity contribution is -0.136. The van der Waals surface area contributed by atoms with Crippen LogP contribution in [-0.2, 0) is 21.4 Å². The monoisotopic (exact) mass is 462 g/mol. The maximum absolute atomic E-state index is 13.3. The number of rotatable bonds is 6. The minimum absolute atomic E-state index is 0.00473. The van der Waals surface area contributed by atoms with Crippen molar-refractivity contribution in [2.45, 2.75) is 57.9 Å². The van der Waals surface area contributed by atoms with Crippen LogP contribution in [0.4, 0.5) is 11.4 Å². The molecular weight excluding hydrogens is 432 g/mol. The van der Waals surface area contributed by atoms with Crippen molar-refractivity contribution in [2.24, 2.45) is 5.41 Å². The second-order valence-electron chi connectivity index (χ2n) is 10.4. The zero-order chi connectivity index (χ0) is 24.1. The van der Waals surface area contributed by atoms with Gasteiger partial charge in [0.15, 0.2) is 11.5 Å². The number of nitrogens with zero attached hydrogens (tertiary/aromatic N) is 1. The SMILES string of the molecule is CC(C)(C)C1Cc2cc(NC(=O)C3(c4ccc5c(c4)OCO5)CC3)ccc2N1/C=C/CC(=O)O. The molecule has 2 aromatic rings. The standard InChI is InChI=1S/C27H30N2O5/c1-26(2,3)23-14-17-13-19(7-8-20(17)29(23)12-4-5-24(30)31)28-25(32)27(10-11-27)18-6-9-21-22(15-18)34-16-33-21/h4,6-9,12-13,15,23H,5,10-11,14,16H2,1-3H3,(H,28,32)(H,30,31)/b12-4+. The zero-order valence-electron chi connectivity index (χ0n) is 19.8. The van der Waals surface area contributed by atoms with Gasteiger partial charge < -0.3 is 24.8 Å². The summed E-state index contributed by atoms with van der Waals surface area (Å²) in [5, 5.41) is 12.1. The zero-order valence-corrected chi connectivity index (χ0v) is 19.8. The van der Waals surface area contributed by atoms with Crippen LogP contribution in [0, 0.1) is 5.41 Å². The number of amides is 1. The van der Waals surface area contributed by atoms with Gasteiger partial charge in [0, 0.05) is 23.6 Å². The van der Waals surface area contributed by atoms with Crippen LogP contribution in [0.2, 0.25) is 0 Å². The van der Waals surface area contributed by atoms with E-state index in [4.69, 9.17) is 14.6 Å². The summed E-state index contributed by atoms with van der Waals surface area (Å²) in [4.78, 5) is 26.5. The minimum atomic E-state index is -0.850. The highest BCUT2D eigenvalue weighted by molar-refractivity contribution is 6.01. The van der Waals surface area contributed by atoms with Crippen molar-refractivity contribution < 1.29 is 24.2 Å². The summed E-state index contributed by atoms with van der Waals surface area (Å²) < 4.78 is 10.9. The second-order valence-corrected chi connectivity index (χ2v) is 10.4. The molecule has 0 radical (unpaired) electrons. The fraction of sp³-hybridized carbons (Fsp3) is 0.407. The van der Waals surface area contributed by atoms with Crippen LogP contribution in [0.3, 0.4) is 0 Å². The second kappa shape index (κ2) is 8.08. The van der Waals surface area contributed by atoms with Crippen molar-refractivity contribution in [3.63, 3.8) is 0 Å². The van der Waals surface area contributed by atoms with Crippen molar-refractivity contribution in [1.82, 2.24) is 0 Å². The molecule has 7 nitrogen and oxygen atoms in total. The van der Waals surface area contributed by atoms with Gasteiger partial charge in [0.25, 0.3) is 0 Å². The molecule has 178 valence electrons. The molecule has 2 N–H and O–H groups in total. The normalized spacial score (nSPS) is 19.9. The van der Waals surface area contributed by atoms with E-state index in [2.05, 4.69) is 31.0 Å². The van der Waals surface area contributed by atoms with E-state index < -0.39 is 11.4 Å². The van der Waals surface area contributed by atoms with E-state index in [1.807, 2.05) is 42.6 Å². The maximum Gasteiger partial charge on any atom is 0.307 e.